The molecule has 0 saturated carbocycles. The van der Waals surface area contributed by atoms with Gasteiger partial charge in [-0.3, -0.25) is 14.6 Å². The Bertz CT molecular complexity index is 896. The average molecular weight is 334 g/mol. The standard InChI is InChI=1S/C19H18N4O2/c1-13(18(24)21-12-14-8-10-20-11-9-14)22-19(25)17-7-6-15-4-2-3-5-16(15)23-17/h2-11,13H,12H2,1H3,(H,21,24)(H,22,25). The summed E-state index contributed by atoms with van der Waals surface area (Å²) in [5.74, 6) is -0.636. The minimum absolute atomic E-state index is 0.258. The first-order valence-corrected chi connectivity index (χ1v) is 7.97. The zero-order valence-electron chi connectivity index (χ0n) is 13.8. The van der Waals surface area contributed by atoms with Gasteiger partial charge in [-0.15, -0.1) is 0 Å². The van der Waals surface area contributed by atoms with Crippen LogP contribution in [0.25, 0.3) is 10.9 Å². The van der Waals surface area contributed by atoms with Crippen LogP contribution in [0.15, 0.2) is 60.9 Å². The number of amides is 2. The molecular weight excluding hydrogens is 316 g/mol. The first kappa shape index (κ1) is 16.6. The van der Waals surface area contributed by atoms with Crippen LogP contribution < -0.4 is 10.6 Å². The molecule has 126 valence electrons. The second kappa shape index (κ2) is 7.53. The molecule has 0 radical (unpaired) electrons. The van der Waals surface area contributed by atoms with E-state index in [0.717, 1.165) is 16.5 Å². The number of carbonyl (C=O) groups excluding carboxylic acids is 2. The highest BCUT2D eigenvalue weighted by molar-refractivity contribution is 5.97. The van der Waals surface area contributed by atoms with Gasteiger partial charge < -0.3 is 10.6 Å². The lowest BCUT2D eigenvalue weighted by Gasteiger charge is -2.14. The largest absolute Gasteiger partial charge is 0.350 e. The summed E-state index contributed by atoms with van der Waals surface area (Å²) < 4.78 is 0. The van der Waals surface area contributed by atoms with Crippen molar-refractivity contribution in [1.82, 2.24) is 20.6 Å². The van der Waals surface area contributed by atoms with Crippen LogP contribution in [0.5, 0.6) is 0 Å². The monoisotopic (exact) mass is 334 g/mol. The second-order valence-corrected chi connectivity index (χ2v) is 5.66. The van der Waals surface area contributed by atoms with Crippen molar-refractivity contribution in [2.45, 2.75) is 19.5 Å². The summed E-state index contributed by atoms with van der Waals surface area (Å²) in [7, 11) is 0. The van der Waals surface area contributed by atoms with Crippen LogP contribution in [0, 0.1) is 0 Å². The van der Waals surface area contributed by atoms with Crippen LogP contribution in [-0.2, 0) is 11.3 Å². The van der Waals surface area contributed by atoms with Crippen molar-refractivity contribution in [3.8, 4) is 0 Å². The Morgan fingerprint density at radius 2 is 1.80 bits per heavy atom. The molecule has 1 atom stereocenters. The SMILES string of the molecule is CC(NC(=O)c1ccc2ccccc2n1)C(=O)NCc1ccncc1. The Morgan fingerprint density at radius 1 is 1.04 bits per heavy atom. The molecule has 1 aromatic carbocycles. The van der Waals surface area contributed by atoms with Gasteiger partial charge in [-0.25, -0.2) is 4.98 Å². The first-order chi connectivity index (χ1) is 12.1. The van der Waals surface area contributed by atoms with E-state index in [1.54, 1.807) is 25.4 Å². The molecule has 0 aliphatic rings. The normalized spacial score (nSPS) is 11.7. The Morgan fingerprint density at radius 3 is 2.60 bits per heavy atom. The lowest BCUT2D eigenvalue weighted by molar-refractivity contribution is -0.122. The molecule has 3 rings (SSSR count). The summed E-state index contributed by atoms with van der Waals surface area (Å²) in [5, 5.41) is 6.41. The van der Waals surface area contributed by atoms with E-state index in [0.29, 0.717) is 6.54 Å². The van der Waals surface area contributed by atoms with Crippen LogP contribution in [0.4, 0.5) is 0 Å². The second-order valence-electron chi connectivity index (χ2n) is 5.66. The number of fused-ring (bicyclic) bond motifs is 1. The van der Waals surface area contributed by atoms with Gasteiger partial charge >= 0.3 is 0 Å². The van der Waals surface area contributed by atoms with Gasteiger partial charge in [0.2, 0.25) is 5.91 Å². The van der Waals surface area contributed by atoms with Gasteiger partial charge in [0.05, 0.1) is 5.52 Å². The minimum atomic E-state index is -0.664. The molecule has 0 saturated heterocycles. The number of rotatable bonds is 5. The van der Waals surface area contributed by atoms with Gasteiger partial charge in [-0.2, -0.15) is 0 Å². The topological polar surface area (TPSA) is 84.0 Å². The summed E-state index contributed by atoms with van der Waals surface area (Å²) in [5.41, 5.74) is 1.97. The summed E-state index contributed by atoms with van der Waals surface area (Å²) in [6.07, 6.45) is 3.33. The van der Waals surface area contributed by atoms with E-state index in [1.807, 2.05) is 42.5 Å². The summed E-state index contributed by atoms with van der Waals surface area (Å²) in [6.45, 7) is 2.02. The van der Waals surface area contributed by atoms with Crippen LogP contribution in [-0.4, -0.2) is 27.8 Å². The van der Waals surface area contributed by atoms with E-state index in [-0.39, 0.29) is 17.5 Å². The maximum atomic E-state index is 12.3. The van der Waals surface area contributed by atoms with Crippen LogP contribution in [0.3, 0.4) is 0 Å². The third-order valence-electron chi connectivity index (χ3n) is 3.79. The van der Waals surface area contributed by atoms with Gasteiger partial charge in [0.1, 0.15) is 11.7 Å². The fourth-order valence-corrected chi connectivity index (χ4v) is 2.37. The van der Waals surface area contributed by atoms with Gasteiger partial charge in [-0.05, 0) is 36.8 Å². The number of nitrogens with one attached hydrogen (secondary N) is 2. The molecule has 1 unspecified atom stereocenters. The fraction of sp³-hybridized carbons (Fsp3) is 0.158. The van der Waals surface area contributed by atoms with Crippen LogP contribution in [0.1, 0.15) is 23.0 Å². The number of nitrogens with zero attached hydrogens (tertiary/aromatic N) is 2. The van der Waals surface area contributed by atoms with Crippen molar-refractivity contribution < 1.29 is 9.59 Å². The third kappa shape index (κ3) is 4.17. The Labute approximate surface area is 145 Å². The van der Waals surface area contributed by atoms with Crippen molar-refractivity contribution in [3.63, 3.8) is 0 Å². The third-order valence-corrected chi connectivity index (χ3v) is 3.79. The van der Waals surface area contributed by atoms with Crippen LogP contribution in [0.2, 0.25) is 0 Å². The number of hydrogen-bond donors (Lipinski definition) is 2. The highest BCUT2D eigenvalue weighted by Gasteiger charge is 2.17. The quantitative estimate of drug-likeness (QED) is 0.748. The molecule has 0 spiro atoms. The molecular formula is C19H18N4O2. The van der Waals surface area contributed by atoms with Gasteiger partial charge in [0.25, 0.3) is 5.91 Å². The van der Waals surface area contributed by atoms with Crippen molar-refractivity contribution in [2.75, 3.05) is 0 Å². The number of pyridine rings is 2. The first-order valence-electron chi connectivity index (χ1n) is 7.97. The summed E-state index contributed by atoms with van der Waals surface area (Å²) in [4.78, 5) is 32.7. The van der Waals surface area contributed by atoms with E-state index >= 15 is 0 Å². The van der Waals surface area contributed by atoms with E-state index in [9.17, 15) is 9.59 Å². The number of benzene rings is 1. The molecule has 0 fully saturated rings. The van der Waals surface area contributed by atoms with Gasteiger partial charge in [0, 0.05) is 24.3 Å². The zero-order chi connectivity index (χ0) is 17.6. The molecule has 2 N–H and O–H groups in total. The molecule has 2 amide bonds. The zero-order valence-corrected chi connectivity index (χ0v) is 13.8. The molecule has 25 heavy (non-hydrogen) atoms. The molecule has 6 heteroatoms. The molecule has 3 aromatic rings. The maximum Gasteiger partial charge on any atom is 0.270 e. The Balaban J connectivity index is 1.59. The highest BCUT2D eigenvalue weighted by Crippen LogP contribution is 2.11. The molecule has 0 bridgehead atoms. The van der Waals surface area contributed by atoms with Gasteiger partial charge in [0.15, 0.2) is 0 Å². The Hall–Kier alpha value is -3.28. The van der Waals surface area contributed by atoms with Crippen molar-refractivity contribution in [1.29, 1.82) is 0 Å². The molecule has 0 aliphatic heterocycles. The molecule has 2 heterocycles. The number of hydrogen-bond acceptors (Lipinski definition) is 4. The number of carbonyl (C=O) groups is 2. The van der Waals surface area contributed by atoms with E-state index in [4.69, 9.17) is 0 Å². The molecule has 2 aromatic heterocycles. The fourth-order valence-electron chi connectivity index (χ4n) is 2.37. The van der Waals surface area contributed by atoms with Crippen LogP contribution >= 0.6 is 0 Å². The molecule has 6 nitrogen and oxygen atoms in total. The minimum Gasteiger partial charge on any atom is -0.350 e. The van der Waals surface area contributed by atoms with E-state index < -0.39 is 6.04 Å². The number of aromatic nitrogens is 2. The lowest BCUT2D eigenvalue weighted by atomic mass is 10.2. The van der Waals surface area contributed by atoms with E-state index in [1.165, 1.54) is 0 Å². The smallest absolute Gasteiger partial charge is 0.270 e. The van der Waals surface area contributed by atoms with Crippen molar-refractivity contribution >= 4 is 22.7 Å². The van der Waals surface area contributed by atoms with Crippen molar-refractivity contribution in [3.05, 3.63) is 72.2 Å². The maximum absolute atomic E-state index is 12.3. The van der Waals surface area contributed by atoms with E-state index in [2.05, 4.69) is 20.6 Å². The molecule has 0 aliphatic carbocycles. The highest BCUT2D eigenvalue weighted by atomic mass is 16.2. The lowest BCUT2D eigenvalue weighted by Crippen LogP contribution is -2.44. The predicted molar refractivity (Wildman–Crippen MR) is 94.8 cm³/mol. The van der Waals surface area contributed by atoms with Gasteiger partial charge in [-0.1, -0.05) is 24.3 Å². The predicted octanol–water partition coefficient (Wildman–Crippen LogP) is 2.06. The summed E-state index contributed by atoms with van der Waals surface area (Å²) in [6, 6.07) is 14.0. The van der Waals surface area contributed by atoms with Crippen molar-refractivity contribution in [2.24, 2.45) is 0 Å². The summed E-state index contributed by atoms with van der Waals surface area (Å²) >= 11 is 0. The number of para-hydroxylation sites is 1. The average Bonchev–Trinajstić information content (AvgIpc) is 2.66. The Kier molecular flexibility index (Phi) is 4.99.